The van der Waals surface area contributed by atoms with Crippen molar-refractivity contribution in [1.29, 1.82) is 0 Å². The second-order valence-corrected chi connectivity index (χ2v) is 3.82. The summed E-state index contributed by atoms with van der Waals surface area (Å²) < 4.78 is 11.2. The van der Waals surface area contributed by atoms with Crippen LogP contribution in [0.5, 0.6) is 17.2 Å². The molecular weight excluding hydrogens is 226 g/mol. The predicted octanol–water partition coefficient (Wildman–Crippen LogP) is 3.34. The number of para-hydroxylation sites is 1. The van der Waals surface area contributed by atoms with Gasteiger partial charge in [0.05, 0.1) is 6.61 Å². The molecule has 0 saturated carbocycles. The highest BCUT2D eigenvalue weighted by atomic mass is 16.5. The largest absolute Gasteiger partial charge is 0.494 e. The summed E-state index contributed by atoms with van der Waals surface area (Å²) in [5.74, 6) is 2.40. The Labute approximate surface area is 107 Å². The van der Waals surface area contributed by atoms with Gasteiger partial charge in [-0.15, -0.1) is 0 Å². The quantitative estimate of drug-likeness (QED) is 0.876. The Morgan fingerprint density at radius 3 is 2.44 bits per heavy atom. The molecule has 0 aliphatic rings. The molecule has 0 spiro atoms. The van der Waals surface area contributed by atoms with Gasteiger partial charge < -0.3 is 15.2 Å². The van der Waals surface area contributed by atoms with Gasteiger partial charge in [0.15, 0.2) is 0 Å². The van der Waals surface area contributed by atoms with E-state index in [0.717, 1.165) is 22.8 Å². The second-order valence-electron chi connectivity index (χ2n) is 3.82. The minimum absolute atomic E-state index is 0.432. The summed E-state index contributed by atoms with van der Waals surface area (Å²) in [5.41, 5.74) is 6.66. The number of rotatable bonds is 5. The van der Waals surface area contributed by atoms with Gasteiger partial charge in [-0.3, -0.25) is 0 Å². The lowest BCUT2D eigenvalue weighted by Gasteiger charge is -2.11. The SMILES string of the molecule is CCOc1ccc(Oc2ccccc2)cc1CN. The molecule has 94 valence electrons. The highest BCUT2D eigenvalue weighted by molar-refractivity contribution is 5.42. The standard InChI is InChI=1S/C15H17NO2/c1-2-17-15-9-8-14(10-12(15)11-16)18-13-6-4-3-5-7-13/h3-10H,2,11,16H2,1H3. The maximum atomic E-state index is 5.74. The van der Waals surface area contributed by atoms with E-state index in [9.17, 15) is 0 Å². The molecule has 3 nitrogen and oxygen atoms in total. The normalized spacial score (nSPS) is 10.1. The van der Waals surface area contributed by atoms with Crippen molar-refractivity contribution in [1.82, 2.24) is 0 Å². The topological polar surface area (TPSA) is 44.5 Å². The zero-order chi connectivity index (χ0) is 12.8. The first-order chi connectivity index (χ1) is 8.83. The third kappa shape index (κ3) is 3.02. The molecule has 0 bridgehead atoms. The van der Waals surface area contributed by atoms with Gasteiger partial charge in [-0.05, 0) is 37.3 Å². The highest BCUT2D eigenvalue weighted by Gasteiger charge is 2.04. The maximum absolute atomic E-state index is 5.74. The molecule has 0 fully saturated rings. The van der Waals surface area contributed by atoms with Crippen LogP contribution in [0.25, 0.3) is 0 Å². The Morgan fingerprint density at radius 2 is 1.78 bits per heavy atom. The number of ether oxygens (including phenoxy) is 2. The zero-order valence-corrected chi connectivity index (χ0v) is 10.4. The van der Waals surface area contributed by atoms with Gasteiger partial charge in [0, 0.05) is 12.1 Å². The van der Waals surface area contributed by atoms with Crippen molar-refractivity contribution in [2.75, 3.05) is 6.61 Å². The molecule has 0 heterocycles. The van der Waals surface area contributed by atoms with Gasteiger partial charge in [-0.1, -0.05) is 18.2 Å². The van der Waals surface area contributed by atoms with Crippen molar-refractivity contribution < 1.29 is 9.47 Å². The number of hydrogen-bond donors (Lipinski definition) is 1. The second kappa shape index (κ2) is 6.07. The fourth-order valence-corrected chi connectivity index (χ4v) is 1.70. The Kier molecular flexibility index (Phi) is 4.20. The summed E-state index contributed by atoms with van der Waals surface area (Å²) in [4.78, 5) is 0. The molecule has 0 unspecified atom stereocenters. The fraction of sp³-hybridized carbons (Fsp3) is 0.200. The number of nitrogens with two attached hydrogens (primary N) is 1. The molecule has 0 aliphatic heterocycles. The fourth-order valence-electron chi connectivity index (χ4n) is 1.70. The molecule has 0 atom stereocenters. The van der Waals surface area contributed by atoms with E-state index in [1.807, 2.05) is 55.5 Å². The van der Waals surface area contributed by atoms with Crippen molar-refractivity contribution in [3.63, 3.8) is 0 Å². The van der Waals surface area contributed by atoms with Crippen LogP contribution in [0.1, 0.15) is 12.5 Å². The third-order valence-corrected chi connectivity index (χ3v) is 2.53. The van der Waals surface area contributed by atoms with Gasteiger partial charge in [-0.2, -0.15) is 0 Å². The highest BCUT2D eigenvalue weighted by Crippen LogP contribution is 2.27. The average molecular weight is 243 g/mol. The lowest BCUT2D eigenvalue weighted by atomic mass is 10.2. The van der Waals surface area contributed by atoms with E-state index in [2.05, 4.69) is 0 Å². The summed E-state index contributed by atoms with van der Waals surface area (Å²) in [6, 6.07) is 15.4. The average Bonchev–Trinajstić information content (AvgIpc) is 2.42. The molecule has 0 aliphatic carbocycles. The van der Waals surface area contributed by atoms with Gasteiger partial charge >= 0.3 is 0 Å². The monoisotopic (exact) mass is 243 g/mol. The molecule has 2 N–H and O–H groups in total. The van der Waals surface area contributed by atoms with Gasteiger partial charge in [0.25, 0.3) is 0 Å². The Morgan fingerprint density at radius 1 is 1.00 bits per heavy atom. The van der Waals surface area contributed by atoms with E-state index in [-0.39, 0.29) is 0 Å². The van der Waals surface area contributed by atoms with Crippen molar-refractivity contribution in [2.24, 2.45) is 5.73 Å². The minimum Gasteiger partial charge on any atom is -0.494 e. The van der Waals surface area contributed by atoms with E-state index >= 15 is 0 Å². The summed E-state index contributed by atoms with van der Waals surface area (Å²) in [5, 5.41) is 0. The van der Waals surface area contributed by atoms with Crippen LogP contribution in [0.3, 0.4) is 0 Å². The van der Waals surface area contributed by atoms with Crippen LogP contribution in [-0.4, -0.2) is 6.61 Å². The first-order valence-electron chi connectivity index (χ1n) is 6.02. The van der Waals surface area contributed by atoms with Crippen LogP contribution in [0.4, 0.5) is 0 Å². The molecule has 0 aromatic heterocycles. The lowest BCUT2D eigenvalue weighted by molar-refractivity contribution is 0.336. The molecule has 2 rings (SSSR count). The molecule has 0 amide bonds. The van der Waals surface area contributed by atoms with Crippen LogP contribution in [0, 0.1) is 0 Å². The molecule has 0 radical (unpaired) electrons. The first-order valence-corrected chi connectivity index (χ1v) is 6.02. The molecule has 3 heteroatoms. The van der Waals surface area contributed by atoms with Gasteiger partial charge in [-0.25, -0.2) is 0 Å². The zero-order valence-electron chi connectivity index (χ0n) is 10.4. The van der Waals surface area contributed by atoms with Crippen molar-refractivity contribution in [3.8, 4) is 17.2 Å². The molecule has 0 saturated heterocycles. The van der Waals surface area contributed by atoms with Crippen LogP contribution < -0.4 is 15.2 Å². The maximum Gasteiger partial charge on any atom is 0.128 e. The van der Waals surface area contributed by atoms with E-state index in [4.69, 9.17) is 15.2 Å². The van der Waals surface area contributed by atoms with Crippen molar-refractivity contribution in [2.45, 2.75) is 13.5 Å². The van der Waals surface area contributed by atoms with Crippen LogP contribution in [0.15, 0.2) is 48.5 Å². The van der Waals surface area contributed by atoms with Crippen molar-refractivity contribution >= 4 is 0 Å². The third-order valence-electron chi connectivity index (χ3n) is 2.53. The molecule has 2 aromatic carbocycles. The Bertz CT molecular complexity index is 497. The van der Waals surface area contributed by atoms with Gasteiger partial charge in [0.1, 0.15) is 17.2 Å². The predicted molar refractivity (Wildman–Crippen MR) is 72.0 cm³/mol. The van der Waals surface area contributed by atoms with E-state index in [1.165, 1.54) is 0 Å². The first kappa shape index (κ1) is 12.5. The molecule has 18 heavy (non-hydrogen) atoms. The van der Waals surface area contributed by atoms with E-state index in [1.54, 1.807) is 0 Å². The van der Waals surface area contributed by atoms with Crippen LogP contribution in [-0.2, 0) is 6.54 Å². The smallest absolute Gasteiger partial charge is 0.128 e. The molecular formula is C15H17NO2. The number of hydrogen-bond acceptors (Lipinski definition) is 3. The summed E-state index contributed by atoms with van der Waals surface area (Å²) in [6.45, 7) is 3.02. The van der Waals surface area contributed by atoms with E-state index in [0.29, 0.717) is 13.2 Å². The van der Waals surface area contributed by atoms with E-state index < -0.39 is 0 Å². The van der Waals surface area contributed by atoms with Crippen LogP contribution in [0.2, 0.25) is 0 Å². The summed E-state index contributed by atoms with van der Waals surface area (Å²) >= 11 is 0. The Balaban J connectivity index is 2.19. The number of benzene rings is 2. The van der Waals surface area contributed by atoms with Crippen LogP contribution >= 0.6 is 0 Å². The summed E-state index contributed by atoms with van der Waals surface area (Å²) in [6.07, 6.45) is 0. The minimum atomic E-state index is 0.432. The molecule has 2 aromatic rings. The van der Waals surface area contributed by atoms with Gasteiger partial charge in [0.2, 0.25) is 0 Å². The summed E-state index contributed by atoms with van der Waals surface area (Å²) in [7, 11) is 0. The van der Waals surface area contributed by atoms with Crippen molar-refractivity contribution in [3.05, 3.63) is 54.1 Å². The lowest BCUT2D eigenvalue weighted by Crippen LogP contribution is -2.02. The Hall–Kier alpha value is -2.00.